The molecule has 21 heavy (non-hydrogen) atoms. The Labute approximate surface area is 128 Å². The van der Waals surface area contributed by atoms with Gasteiger partial charge in [-0.25, -0.2) is 0 Å². The van der Waals surface area contributed by atoms with E-state index in [0.717, 1.165) is 10.6 Å². The molecule has 1 aromatic carbocycles. The Morgan fingerprint density at radius 2 is 2.00 bits per heavy atom. The molecular formula is C15H19N3O2S. The predicted molar refractivity (Wildman–Crippen MR) is 87.2 cm³/mol. The summed E-state index contributed by atoms with van der Waals surface area (Å²) in [4.78, 5) is 12.3. The van der Waals surface area contributed by atoms with E-state index in [1.54, 1.807) is 14.2 Å². The average Bonchev–Trinajstić information content (AvgIpc) is 2.83. The van der Waals surface area contributed by atoms with E-state index in [1.165, 1.54) is 11.3 Å². The van der Waals surface area contributed by atoms with E-state index in [2.05, 4.69) is 10.6 Å². The zero-order valence-electron chi connectivity index (χ0n) is 12.3. The van der Waals surface area contributed by atoms with Crippen molar-refractivity contribution >= 4 is 27.9 Å². The van der Waals surface area contributed by atoms with Crippen LogP contribution < -0.4 is 21.1 Å². The highest BCUT2D eigenvalue weighted by molar-refractivity contribution is 7.19. The molecule has 2 rings (SSSR count). The third-order valence-corrected chi connectivity index (χ3v) is 4.30. The maximum absolute atomic E-state index is 11.8. The molecular weight excluding hydrogens is 286 g/mol. The highest BCUT2D eigenvalue weighted by Gasteiger charge is 2.22. The molecule has 0 radical (unpaired) electrons. The van der Waals surface area contributed by atoms with E-state index >= 15 is 0 Å². The van der Waals surface area contributed by atoms with Crippen LogP contribution in [0.25, 0.3) is 0 Å². The van der Waals surface area contributed by atoms with Crippen LogP contribution in [0.1, 0.15) is 28.2 Å². The van der Waals surface area contributed by atoms with Crippen LogP contribution in [-0.2, 0) is 0 Å². The number of methoxy groups -OCH3 is 1. The summed E-state index contributed by atoms with van der Waals surface area (Å²) < 4.78 is 5.33. The molecule has 0 aliphatic carbocycles. The number of nitrogens with two attached hydrogens (primary N) is 1. The first-order valence-electron chi connectivity index (χ1n) is 6.58. The molecule has 1 heterocycles. The quantitative estimate of drug-likeness (QED) is 0.794. The molecule has 1 unspecified atom stereocenters. The van der Waals surface area contributed by atoms with Crippen molar-refractivity contribution in [3.05, 3.63) is 40.8 Å². The molecule has 0 aliphatic rings. The summed E-state index contributed by atoms with van der Waals surface area (Å²) in [6.45, 7) is 2.05. The van der Waals surface area contributed by atoms with Gasteiger partial charge in [0, 0.05) is 13.1 Å². The summed E-state index contributed by atoms with van der Waals surface area (Å²) in [5.41, 5.74) is 7.50. The molecule has 5 nitrogen and oxygen atoms in total. The average molecular weight is 305 g/mol. The molecule has 4 N–H and O–H groups in total. The van der Waals surface area contributed by atoms with Crippen LogP contribution in [0.15, 0.2) is 30.3 Å². The van der Waals surface area contributed by atoms with Gasteiger partial charge in [0.05, 0.1) is 7.11 Å². The second-order valence-electron chi connectivity index (χ2n) is 4.56. The van der Waals surface area contributed by atoms with Crippen LogP contribution >= 0.6 is 11.3 Å². The number of anilines is 2. The van der Waals surface area contributed by atoms with Crippen LogP contribution in [0.2, 0.25) is 0 Å². The van der Waals surface area contributed by atoms with Crippen molar-refractivity contribution in [2.24, 2.45) is 0 Å². The van der Waals surface area contributed by atoms with Crippen molar-refractivity contribution in [2.45, 2.75) is 13.0 Å². The second-order valence-corrected chi connectivity index (χ2v) is 5.58. The fraction of sp³-hybridized carbons (Fsp3) is 0.267. The number of hydrogen-bond donors (Lipinski definition) is 3. The first-order valence-corrected chi connectivity index (χ1v) is 7.40. The summed E-state index contributed by atoms with van der Waals surface area (Å²) in [5.74, 6) is 0.303. The van der Waals surface area contributed by atoms with E-state index in [9.17, 15) is 4.79 Å². The summed E-state index contributed by atoms with van der Waals surface area (Å²) in [5, 5.41) is 6.69. The van der Waals surface area contributed by atoms with Gasteiger partial charge in [-0.1, -0.05) is 30.3 Å². The Balaban J connectivity index is 2.29. The van der Waals surface area contributed by atoms with E-state index < -0.39 is 0 Å². The zero-order chi connectivity index (χ0) is 15.4. The number of carbonyl (C=O) groups excluding carboxylic acids is 1. The number of thiophene rings is 1. The third-order valence-electron chi connectivity index (χ3n) is 3.18. The van der Waals surface area contributed by atoms with Crippen molar-refractivity contribution in [2.75, 3.05) is 25.2 Å². The van der Waals surface area contributed by atoms with E-state index in [1.807, 2.05) is 37.3 Å². The van der Waals surface area contributed by atoms with Crippen molar-refractivity contribution < 1.29 is 9.53 Å². The largest absolute Gasteiger partial charge is 0.492 e. The van der Waals surface area contributed by atoms with Gasteiger partial charge in [-0.2, -0.15) is 0 Å². The van der Waals surface area contributed by atoms with Gasteiger partial charge in [0.1, 0.15) is 15.6 Å². The van der Waals surface area contributed by atoms with Crippen LogP contribution in [-0.4, -0.2) is 20.1 Å². The molecule has 0 saturated carbocycles. The number of amides is 1. The Kier molecular flexibility index (Phi) is 4.70. The molecule has 1 aromatic heterocycles. The zero-order valence-corrected chi connectivity index (χ0v) is 13.1. The second kappa shape index (κ2) is 6.49. The molecule has 0 spiro atoms. The maximum Gasteiger partial charge on any atom is 0.263 e. The number of nitrogen functional groups attached to an aromatic ring is 1. The number of rotatable bonds is 5. The number of benzene rings is 1. The Hall–Kier alpha value is -2.21. The fourth-order valence-electron chi connectivity index (χ4n) is 2.03. The highest BCUT2D eigenvalue weighted by atomic mass is 32.1. The van der Waals surface area contributed by atoms with Crippen LogP contribution in [0.3, 0.4) is 0 Å². The van der Waals surface area contributed by atoms with Crippen molar-refractivity contribution in [3.8, 4) is 5.75 Å². The molecule has 0 saturated heterocycles. The maximum atomic E-state index is 11.8. The van der Waals surface area contributed by atoms with Gasteiger partial charge in [0.25, 0.3) is 5.91 Å². The molecule has 6 heteroatoms. The molecule has 1 atom stereocenters. The number of ether oxygens (including phenoxy) is 1. The van der Waals surface area contributed by atoms with Gasteiger partial charge in [-0.15, -0.1) is 11.3 Å². The summed E-state index contributed by atoms with van der Waals surface area (Å²) in [6.07, 6.45) is 0. The van der Waals surface area contributed by atoms with Crippen molar-refractivity contribution in [1.82, 2.24) is 5.32 Å². The molecule has 0 bridgehead atoms. The number of nitrogens with one attached hydrogen (secondary N) is 2. The smallest absolute Gasteiger partial charge is 0.263 e. The minimum atomic E-state index is -0.212. The normalized spacial score (nSPS) is 11.8. The van der Waals surface area contributed by atoms with Gasteiger partial charge in [0.2, 0.25) is 0 Å². The molecule has 112 valence electrons. The summed E-state index contributed by atoms with van der Waals surface area (Å²) in [6, 6.07) is 10.1. The van der Waals surface area contributed by atoms with Gasteiger partial charge >= 0.3 is 0 Å². The molecule has 0 aliphatic heterocycles. The lowest BCUT2D eigenvalue weighted by atomic mass is 10.1. The third kappa shape index (κ3) is 3.11. The van der Waals surface area contributed by atoms with E-state index in [0.29, 0.717) is 16.3 Å². The van der Waals surface area contributed by atoms with Crippen LogP contribution in [0.4, 0.5) is 10.7 Å². The SMILES string of the molecule is CNC(=O)c1sc(NC(C)c2ccccc2)c(OC)c1N. The highest BCUT2D eigenvalue weighted by Crippen LogP contribution is 2.43. The van der Waals surface area contributed by atoms with Crippen LogP contribution in [0.5, 0.6) is 5.75 Å². The summed E-state index contributed by atoms with van der Waals surface area (Å²) in [7, 11) is 3.12. The lowest BCUT2D eigenvalue weighted by molar-refractivity contribution is 0.0967. The van der Waals surface area contributed by atoms with Gasteiger partial charge in [-0.05, 0) is 12.5 Å². The standard InChI is InChI=1S/C15H19N3O2S/c1-9(10-7-5-4-6-8-10)18-15-12(20-3)11(16)13(21-15)14(19)17-2/h4-9,18H,16H2,1-3H3,(H,17,19). The van der Waals surface area contributed by atoms with E-state index in [-0.39, 0.29) is 11.9 Å². The van der Waals surface area contributed by atoms with E-state index in [4.69, 9.17) is 10.5 Å². The molecule has 2 aromatic rings. The summed E-state index contributed by atoms with van der Waals surface area (Å²) >= 11 is 1.29. The minimum absolute atomic E-state index is 0.0793. The molecule has 1 amide bonds. The monoisotopic (exact) mass is 305 g/mol. The Bertz CT molecular complexity index is 625. The topological polar surface area (TPSA) is 76.4 Å². The fourth-order valence-corrected chi connectivity index (χ4v) is 3.15. The van der Waals surface area contributed by atoms with Gasteiger partial charge < -0.3 is 21.1 Å². The van der Waals surface area contributed by atoms with Crippen LogP contribution in [0, 0.1) is 0 Å². The molecule has 0 fully saturated rings. The Morgan fingerprint density at radius 3 is 2.57 bits per heavy atom. The van der Waals surface area contributed by atoms with Crippen molar-refractivity contribution in [1.29, 1.82) is 0 Å². The number of hydrogen-bond acceptors (Lipinski definition) is 5. The minimum Gasteiger partial charge on any atom is -0.492 e. The van der Waals surface area contributed by atoms with Gasteiger partial charge in [0.15, 0.2) is 5.75 Å². The number of carbonyl (C=O) groups is 1. The predicted octanol–water partition coefficient (Wildman–Crippen LogP) is 2.87. The lowest BCUT2D eigenvalue weighted by Gasteiger charge is -2.15. The first kappa shape index (κ1) is 15.2. The lowest BCUT2D eigenvalue weighted by Crippen LogP contribution is -2.17. The first-order chi connectivity index (χ1) is 10.1. The Morgan fingerprint density at radius 1 is 1.33 bits per heavy atom. The van der Waals surface area contributed by atoms with Crippen molar-refractivity contribution in [3.63, 3.8) is 0 Å². The van der Waals surface area contributed by atoms with Gasteiger partial charge in [-0.3, -0.25) is 4.79 Å².